The molecule has 9 nitrogen and oxygen atoms in total. The van der Waals surface area contributed by atoms with Gasteiger partial charge in [0.25, 0.3) is 5.91 Å². The summed E-state index contributed by atoms with van der Waals surface area (Å²) in [5.41, 5.74) is 4.52. The zero-order valence-corrected chi connectivity index (χ0v) is 21.0. The number of nitrogens with zero attached hydrogens (tertiary/aromatic N) is 1. The molecule has 0 saturated carbocycles. The Morgan fingerprint density at radius 1 is 1.21 bits per heavy atom. The summed E-state index contributed by atoms with van der Waals surface area (Å²) < 4.78 is 33.5. The quantitative estimate of drug-likeness (QED) is 0.428. The van der Waals surface area contributed by atoms with Gasteiger partial charge in [-0.2, -0.15) is 0 Å². The van der Waals surface area contributed by atoms with Crippen molar-refractivity contribution in [3.8, 4) is 5.75 Å². The van der Waals surface area contributed by atoms with Crippen molar-refractivity contribution in [3.05, 3.63) is 53.6 Å². The van der Waals surface area contributed by atoms with E-state index in [0.29, 0.717) is 12.0 Å². The highest BCUT2D eigenvalue weighted by Gasteiger charge is 2.34. The minimum atomic E-state index is -3.82. The smallest absolute Gasteiger partial charge is 0.256 e. The van der Waals surface area contributed by atoms with Crippen molar-refractivity contribution in [2.75, 3.05) is 32.1 Å². The van der Waals surface area contributed by atoms with Gasteiger partial charge in [-0.05, 0) is 48.7 Å². The molecule has 2 atom stereocenters. The number of rotatable bonds is 9. The Labute approximate surface area is 208 Å². The molecule has 184 valence electrons. The van der Waals surface area contributed by atoms with Crippen LogP contribution >= 0.6 is 23.2 Å². The van der Waals surface area contributed by atoms with Gasteiger partial charge in [0.15, 0.2) is 0 Å². The number of alkyl halides is 2. The molecule has 34 heavy (non-hydrogen) atoms. The van der Waals surface area contributed by atoms with Crippen molar-refractivity contribution < 1.29 is 22.7 Å². The van der Waals surface area contributed by atoms with E-state index in [1.165, 1.54) is 6.07 Å². The molecule has 2 aromatic carbocycles. The maximum Gasteiger partial charge on any atom is 0.256 e. The molecule has 1 saturated heterocycles. The number of benzene rings is 2. The Morgan fingerprint density at radius 3 is 2.59 bits per heavy atom. The number of ether oxygens (including phenoxy) is 1. The molecule has 0 bridgehead atoms. The van der Waals surface area contributed by atoms with Crippen molar-refractivity contribution in [1.82, 2.24) is 15.2 Å². The second-order valence-electron chi connectivity index (χ2n) is 7.73. The summed E-state index contributed by atoms with van der Waals surface area (Å²) in [6.07, 6.45) is 0.500. The van der Waals surface area contributed by atoms with E-state index in [1.54, 1.807) is 26.2 Å². The van der Waals surface area contributed by atoms with Gasteiger partial charge in [0.1, 0.15) is 17.7 Å². The predicted octanol–water partition coefficient (Wildman–Crippen LogP) is 2.02. The molecule has 0 aromatic heterocycles. The topological polar surface area (TPSA) is 117 Å². The summed E-state index contributed by atoms with van der Waals surface area (Å²) in [6, 6.07) is 11.9. The summed E-state index contributed by atoms with van der Waals surface area (Å²) in [5.74, 6) is -0.293. The van der Waals surface area contributed by atoms with Crippen LogP contribution in [0.15, 0.2) is 47.4 Å². The third-order valence-corrected chi connectivity index (χ3v) is 7.85. The maximum absolute atomic E-state index is 12.9. The highest BCUT2D eigenvalue weighted by Crippen LogP contribution is 2.21. The minimum Gasteiger partial charge on any atom is -0.497 e. The SMILES string of the molecule is COc1ccc(CCNS(=O)(=O)c2cc(NC(=O)CN3NCC(Cl)C(Cl)C3=O)ccc2C)cc1. The lowest BCUT2D eigenvalue weighted by Crippen LogP contribution is -2.58. The molecule has 3 rings (SSSR count). The molecule has 0 radical (unpaired) electrons. The van der Waals surface area contributed by atoms with Crippen LogP contribution in [0.1, 0.15) is 11.1 Å². The van der Waals surface area contributed by atoms with Gasteiger partial charge < -0.3 is 10.1 Å². The normalized spacial score (nSPS) is 18.6. The van der Waals surface area contributed by atoms with Crippen LogP contribution in [0.4, 0.5) is 5.69 Å². The summed E-state index contributed by atoms with van der Waals surface area (Å²) in [4.78, 5) is 24.7. The summed E-state index contributed by atoms with van der Waals surface area (Å²) >= 11 is 11.9. The van der Waals surface area contributed by atoms with Gasteiger partial charge >= 0.3 is 0 Å². The van der Waals surface area contributed by atoms with Gasteiger partial charge in [0.2, 0.25) is 15.9 Å². The first kappa shape index (κ1) is 26.2. The van der Waals surface area contributed by atoms with Crippen LogP contribution in [-0.2, 0) is 26.0 Å². The Bertz CT molecular complexity index is 1140. The van der Waals surface area contributed by atoms with E-state index in [1.807, 2.05) is 24.3 Å². The lowest BCUT2D eigenvalue weighted by Gasteiger charge is -2.32. The Morgan fingerprint density at radius 2 is 1.91 bits per heavy atom. The highest BCUT2D eigenvalue weighted by atomic mass is 35.5. The number of hydrazine groups is 1. The maximum atomic E-state index is 12.9. The molecule has 2 amide bonds. The van der Waals surface area contributed by atoms with Crippen molar-refractivity contribution in [2.45, 2.75) is 29.0 Å². The van der Waals surface area contributed by atoms with Crippen LogP contribution in [0.5, 0.6) is 5.75 Å². The van der Waals surface area contributed by atoms with Gasteiger partial charge in [-0.1, -0.05) is 18.2 Å². The summed E-state index contributed by atoms with van der Waals surface area (Å²) in [6.45, 7) is 1.81. The molecule has 0 aliphatic carbocycles. The molecule has 3 N–H and O–H groups in total. The van der Waals surface area contributed by atoms with E-state index in [2.05, 4.69) is 15.5 Å². The number of methoxy groups -OCH3 is 1. The van der Waals surface area contributed by atoms with Crippen LogP contribution in [0.2, 0.25) is 0 Å². The fourth-order valence-electron chi connectivity index (χ4n) is 3.33. The number of halogens is 2. The molecule has 1 heterocycles. The summed E-state index contributed by atoms with van der Waals surface area (Å²) in [7, 11) is -2.24. The zero-order chi connectivity index (χ0) is 24.9. The number of hydrogen-bond acceptors (Lipinski definition) is 6. The lowest BCUT2D eigenvalue weighted by atomic mass is 10.1. The average Bonchev–Trinajstić information content (AvgIpc) is 2.81. The van der Waals surface area contributed by atoms with Gasteiger partial charge in [0, 0.05) is 18.8 Å². The first-order valence-corrected chi connectivity index (χ1v) is 12.8. The van der Waals surface area contributed by atoms with Gasteiger partial charge in [-0.3, -0.25) is 14.6 Å². The first-order chi connectivity index (χ1) is 16.1. The zero-order valence-electron chi connectivity index (χ0n) is 18.7. The van der Waals surface area contributed by atoms with Crippen LogP contribution in [0.3, 0.4) is 0 Å². The van der Waals surface area contributed by atoms with Crippen LogP contribution in [-0.4, -0.2) is 62.7 Å². The van der Waals surface area contributed by atoms with E-state index in [9.17, 15) is 18.0 Å². The van der Waals surface area contributed by atoms with Crippen LogP contribution in [0, 0.1) is 6.92 Å². The minimum absolute atomic E-state index is 0.0537. The Kier molecular flexibility index (Phi) is 8.78. The number of hydrogen-bond donors (Lipinski definition) is 3. The molecule has 1 aliphatic heterocycles. The Balaban J connectivity index is 1.61. The monoisotopic (exact) mass is 528 g/mol. The largest absolute Gasteiger partial charge is 0.497 e. The van der Waals surface area contributed by atoms with Gasteiger partial charge in [-0.15, -0.1) is 23.2 Å². The number of carbonyl (C=O) groups is 2. The van der Waals surface area contributed by atoms with Gasteiger partial charge in [-0.25, -0.2) is 18.6 Å². The standard InChI is InChI=1S/C22H26Cl2N4O5S/c1-14-3-6-16(27-20(29)13-28-22(30)21(24)18(23)12-25-28)11-19(14)34(31,32)26-10-9-15-4-7-17(33-2)8-5-15/h3-8,11,18,21,25-26H,9-10,12-13H2,1-2H3,(H,27,29). The van der Waals surface area contributed by atoms with E-state index in [0.717, 1.165) is 16.3 Å². The van der Waals surface area contributed by atoms with Crippen molar-refractivity contribution >= 4 is 50.7 Å². The van der Waals surface area contributed by atoms with Gasteiger partial charge in [0.05, 0.1) is 17.4 Å². The number of carbonyl (C=O) groups excluding carboxylic acids is 2. The van der Waals surface area contributed by atoms with Crippen molar-refractivity contribution in [3.63, 3.8) is 0 Å². The molecule has 2 aromatic rings. The fraction of sp³-hybridized carbons (Fsp3) is 0.364. The average molecular weight is 529 g/mol. The number of sulfonamides is 1. The number of aryl methyl sites for hydroxylation is 1. The second kappa shape index (κ2) is 11.4. The van der Waals surface area contributed by atoms with Crippen molar-refractivity contribution in [2.24, 2.45) is 0 Å². The molecule has 2 unspecified atom stereocenters. The number of nitrogens with one attached hydrogen (secondary N) is 3. The fourth-order valence-corrected chi connectivity index (χ4v) is 5.01. The molecule has 12 heteroatoms. The molecule has 1 aliphatic rings. The summed E-state index contributed by atoms with van der Waals surface area (Å²) in [5, 5.41) is 2.20. The van der Waals surface area contributed by atoms with Crippen molar-refractivity contribution in [1.29, 1.82) is 0 Å². The molecule has 0 spiro atoms. The third-order valence-electron chi connectivity index (χ3n) is 5.22. The van der Waals surface area contributed by atoms with Crippen LogP contribution < -0.4 is 20.2 Å². The number of anilines is 1. The van der Waals surface area contributed by atoms with Crippen LogP contribution in [0.25, 0.3) is 0 Å². The highest BCUT2D eigenvalue weighted by molar-refractivity contribution is 7.89. The molecular weight excluding hydrogens is 503 g/mol. The molecule has 1 fully saturated rings. The number of amides is 2. The molecular formula is C22H26Cl2N4O5S. The second-order valence-corrected chi connectivity index (χ2v) is 10.5. The Hall–Kier alpha value is -2.37. The van der Waals surface area contributed by atoms with E-state index < -0.39 is 32.6 Å². The lowest BCUT2D eigenvalue weighted by molar-refractivity contribution is -0.139. The van der Waals surface area contributed by atoms with E-state index in [-0.39, 0.29) is 30.2 Å². The third kappa shape index (κ3) is 6.61. The first-order valence-electron chi connectivity index (χ1n) is 10.5. The van der Waals surface area contributed by atoms with E-state index >= 15 is 0 Å². The predicted molar refractivity (Wildman–Crippen MR) is 131 cm³/mol. The van der Waals surface area contributed by atoms with E-state index in [4.69, 9.17) is 27.9 Å².